The number of hydrogen-bond donors (Lipinski definition) is 2. The Bertz CT molecular complexity index is 630. The zero-order chi connectivity index (χ0) is 33.8. The number of allylic oxidation sites excluding steroid dienone is 4. The smallest absolute Gasteiger partial charge is 0.0800 e. The second-order valence-corrected chi connectivity index (χ2v) is 14.8. The first kappa shape index (κ1) is 48.1. The summed E-state index contributed by atoms with van der Waals surface area (Å²) < 4.78 is 0. The summed E-state index contributed by atoms with van der Waals surface area (Å²) in [5.41, 5.74) is 1.70. The van der Waals surface area contributed by atoms with E-state index in [1.807, 2.05) is 13.8 Å². The summed E-state index contributed by atoms with van der Waals surface area (Å²) in [6, 6.07) is 0. The second kappa shape index (κ2) is 30.2. The second-order valence-electron chi connectivity index (χ2n) is 14.8. The molecule has 0 fully saturated rings. The Morgan fingerprint density at radius 1 is 0.738 bits per heavy atom. The average molecular weight is 595 g/mol. The molecular weight excluding hydrogens is 512 g/mol. The summed E-state index contributed by atoms with van der Waals surface area (Å²) in [4.78, 5) is 0. The Balaban J connectivity index is -0.000000229. The summed E-state index contributed by atoms with van der Waals surface area (Å²) in [5, 5.41) is 19.1. The maximum absolute atomic E-state index is 9.64. The number of hydrogen-bond acceptors (Lipinski definition) is 2. The van der Waals surface area contributed by atoms with Gasteiger partial charge < -0.3 is 10.2 Å². The van der Waals surface area contributed by atoms with E-state index in [2.05, 4.69) is 102 Å². The van der Waals surface area contributed by atoms with Crippen molar-refractivity contribution in [3.63, 3.8) is 0 Å². The molecular formula is C40H82O2. The molecule has 0 rings (SSSR count). The lowest BCUT2D eigenvalue weighted by Gasteiger charge is -2.21. The third-order valence-electron chi connectivity index (χ3n) is 7.92. The van der Waals surface area contributed by atoms with Gasteiger partial charge in [-0.25, -0.2) is 0 Å². The molecule has 0 radical (unpaired) electrons. The third kappa shape index (κ3) is 46.1. The van der Waals surface area contributed by atoms with Gasteiger partial charge in [0.15, 0.2) is 0 Å². The average Bonchev–Trinajstić information content (AvgIpc) is 2.88. The van der Waals surface area contributed by atoms with Crippen molar-refractivity contribution in [1.82, 2.24) is 0 Å². The fourth-order valence-electron chi connectivity index (χ4n) is 3.84. The van der Waals surface area contributed by atoms with Crippen LogP contribution in [0.25, 0.3) is 0 Å². The normalized spacial score (nSPS) is 14.8. The maximum Gasteiger partial charge on any atom is 0.0800 e. The van der Waals surface area contributed by atoms with Crippen LogP contribution in [0.3, 0.4) is 0 Å². The summed E-state index contributed by atoms with van der Waals surface area (Å²) in [6.45, 7) is 36.0. The molecule has 0 aliphatic carbocycles. The Morgan fingerprint density at radius 3 is 1.60 bits per heavy atom. The van der Waals surface area contributed by atoms with Crippen molar-refractivity contribution in [3.8, 4) is 0 Å². The number of aliphatic hydroxyl groups is 2. The van der Waals surface area contributed by atoms with Crippen molar-refractivity contribution in [1.29, 1.82) is 0 Å². The van der Waals surface area contributed by atoms with Crippen molar-refractivity contribution < 1.29 is 10.2 Å². The zero-order valence-corrected chi connectivity index (χ0v) is 31.8. The van der Waals surface area contributed by atoms with Gasteiger partial charge in [-0.05, 0) is 104 Å². The summed E-state index contributed by atoms with van der Waals surface area (Å²) in [6.07, 6.45) is 21.4. The van der Waals surface area contributed by atoms with Crippen molar-refractivity contribution in [2.45, 2.75) is 199 Å². The van der Waals surface area contributed by atoms with Crippen LogP contribution in [0.1, 0.15) is 187 Å². The van der Waals surface area contributed by atoms with Crippen LogP contribution < -0.4 is 0 Å². The Hall–Kier alpha value is -0.860. The molecule has 0 heterocycles. The van der Waals surface area contributed by atoms with Crippen LogP contribution in [-0.2, 0) is 0 Å². The molecule has 0 aliphatic rings. The first-order valence-electron chi connectivity index (χ1n) is 17.6. The van der Waals surface area contributed by atoms with E-state index < -0.39 is 11.2 Å². The van der Waals surface area contributed by atoms with Crippen LogP contribution in [0.15, 0.2) is 36.0 Å². The van der Waals surface area contributed by atoms with Crippen molar-refractivity contribution >= 4 is 0 Å². The van der Waals surface area contributed by atoms with E-state index in [4.69, 9.17) is 0 Å². The van der Waals surface area contributed by atoms with Gasteiger partial charge in [0, 0.05) is 0 Å². The van der Waals surface area contributed by atoms with Crippen molar-refractivity contribution in [2.24, 2.45) is 23.7 Å². The van der Waals surface area contributed by atoms with E-state index in [0.717, 1.165) is 55.8 Å². The monoisotopic (exact) mass is 595 g/mol. The van der Waals surface area contributed by atoms with Gasteiger partial charge in [0.1, 0.15) is 0 Å². The molecule has 0 amide bonds. The van der Waals surface area contributed by atoms with Gasteiger partial charge in [0.05, 0.1) is 11.2 Å². The highest BCUT2D eigenvalue weighted by Gasteiger charge is 2.16. The highest BCUT2D eigenvalue weighted by atomic mass is 16.3. The largest absolute Gasteiger partial charge is 0.390 e. The fraction of sp³-hybridized carbons (Fsp3) is 0.850. The van der Waals surface area contributed by atoms with Gasteiger partial charge in [-0.2, -0.15) is 0 Å². The molecule has 0 saturated heterocycles. The van der Waals surface area contributed by atoms with Gasteiger partial charge in [0.25, 0.3) is 0 Å². The van der Waals surface area contributed by atoms with E-state index in [1.54, 1.807) is 13.0 Å². The van der Waals surface area contributed by atoms with Crippen LogP contribution in [0.2, 0.25) is 0 Å². The Kier molecular flexibility index (Phi) is 34.5. The minimum absolute atomic E-state index is 0.422. The molecule has 0 aliphatic heterocycles. The third-order valence-corrected chi connectivity index (χ3v) is 7.92. The van der Waals surface area contributed by atoms with Gasteiger partial charge in [-0.15, -0.1) is 6.58 Å². The molecule has 0 saturated carbocycles. The molecule has 2 N–H and O–H groups in total. The molecule has 2 heteroatoms. The highest BCUT2D eigenvalue weighted by molar-refractivity contribution is 4.98. The molecule has 2 nitrogen and oxygen atoms in total. The highest BCUT2D eigenvalue weighted by Crippen LogP contribution is 2.19. The predicted molar refractivity (Wildman–Crippen MR) is 195 cm³/mol. The number of rotatable bonds is 18. The molecule has 3 atom stereocenters. The first-order valence-corrected chi connectivity index (χ1v) is 17.6. The molecule has 42 heavy (non-hydrogen) atoms. The molecule has 254 valence electrons. The van der Waals surface area contributed by atoms with Crippen LogP contribution in [0, 0.1) is 23.7 Å². The minimum atomic E-state index is -0.702. The predicted octanol–water partition coefficient (Wildman–Crippen LogP) is 13.3. The van der Waals surface area contributed by atoms with Gasteiger partial charge in [-0.1, -0.05) is 137 Å². The first-order chi connectivity index (χ1) is 19.3. The standard InChI is InChI=1S/C10H22O.C10H18O.C10H22.C10H20/c2*1-5-10(4,11)8-6-7-9(2)3;2*1-5-10(4)8-6-7-9(2)3/h9,11H,5-8H2,1-4H3;5,7,11H,1,6,8H2,2-4H3;9-10H,5-8H2,1-4H3;5,9H,6-8H2,1-4H3. The van der Waals surface area contributed by atoms with Crippen molar-refractivity contribution in [3.05, 3.63) is 36.0 Å². The quantitative estimate of drug-likeness (QED) is 0.155. The van der Waals surface area contributed by atoms with Gasteiger partial charge in [-0.3, -0.25) is 0 Å². The Morgan fingerprint density at radius 2 is 1.21 bits per heavy atom. The Labute approximate surface area is 268 Å². The topological polar surface area (TPSA) is 40.5 Å². The molecule has 0 aromatic carbocycles. The van der Waals surface area contributed by atoms with Gasteiger partial charge >= 0.3 is 0 Å². The van der Waals surface area contributed by atoms with E-state index in [-0.39, 0.29) is 0 Å². The van der Waals surface area contributed by atoms with E-state index in [1.165, 1.54) is 62.5 Å². The fourth-order valence-corrected chi connectivity index (χ4v) is 3.84. The zero-order valence-electron chi connectivity index (χ0n) is 31.8. The summed E-state index contributed by atoms with van der Waals surface area (Å²) in [7, 11) is 0. The van der Waals surface area contributed by atoms with Crippen LogP contribution in [-0.4, -0.2) is 21.4 Å². The minimum Gasteiger partial charge on any atom is -0.390 e. The molecule has 0 bridgehead atoms. The van der Waals surface area contributed by atoms with Crippen LogP contribution in [0.5, 0.6) is 0 Å². The van der Waals surface area contributed by atoms with Crippen molar-refractivity contribution in [2.75, 3.05) is 0 Å². The molecule has 0 aromatic rings. The molecule has 0 spiro atoms. The van der Waals surface area contributed by atoms with Crippen LogP contribution >= 0.6 is 0 Å². The lowest BCUT2D eigenvalue weighted by atomic mass is 9.94. The van der Waals surface area contributed by atoms with Gasteiger partial charge in [0.2, 0.25) is 0 Å². The van der Waals surface area contributed by atoms with Crippen LogP contribution in [0.4, 0.5) is 0 Å². The van der Waals surface area contributed by atoms with E-state index >= 15 is 0 Å². The lowest BCUT2D eigenvalue weighted by molar-refractivity contribution is 0.0435. The SMILES string of the molecule is C=CC(C)(O)CCC=C(C)C.CC=C(C)CCCC(C)C.CCC(C)(O)CCCC(C)C.CCC(C)CCCC(C)C. The summed E-state index contributed by atoms with van der Waals surface area (Å²) in [5.74, 6) is 3.47. The molecule has 0 aromatic heterocycles. The molecule has 3 unspecified atom stereocenters. The maximum atomic E-state index is 9.64. The lowest BCUT2D eigenvalue weighted by Crippen LogP contribution is -2.22. The van der Waals surface area contributed by atoms with E-state index in [0.29, 0.717) is 0 Å². The van der Waals surface area contributed by atoms with E-state index in [9.17, 15) is 10.2 Å². The summed E-state index contributed by atoms with van der Waals surface area (Å²) >= 11 is 0.